The number of aromatic carboxylic acids is 1. The van der Waals surface area contributed by atoms with E-state index in [0.717, 1.165) is 5.56 Å². The Labute approximate surface area is 112 Å². The topological polar surface area (TPSA) is 125 Å². The fourth-order valence-corrected chi connectivity index (χ4v) is 2.08. The Morgan fingerprint density at radius 2 is 1.95 bits per heavy atom. The Morgan fingerprint density at radius 3 is 2.60 bits per heavy atom. The number of carboxylic acids is 1. The van der Waals surface area contributed by atoms with Gasteiger partial charge in [-0.25, -0.2) is 4.79 Å². The maximum atomic E-state index is 11.9. The summed E-state index contributed by atoms with van der Waals surface area (Å²) in [7, 11) is 0. The fraction of sp³-hybridized carbons (Fsp3) is 0. The summed E-state index contributed by atoms with van der Waals surface area (Å²) in [6, 6.07) is 6.24. The molecule has 0 aliphatic rings. The summed E-state index contributed by atoms with van der Waals surface area (Å²) in [5.74, 6) is -0.958. The van der Waals surface area contributed by atoms with E-state index in [9.17, 15) is 9.59 Å². The largest absolute Gasteiger partial charge is 0.478 e. The van der Waals surface area contributed by atoms with Gasteiger partial charge in [-0.05, 0) is 17.7 Å². The molecule has 5 N–H and O–H groups in total. The van der Waals surface area contributed by atoms with Crippen molar-refractivity contribution in [3.63, 3.8) is 0 Å². The zero-order valence-electron chi connectivity index (χ0n) is 10.2. The number of aromatic nitrogens is 3. The first kappa shape index (κ1) is 12.0. The monoisotopic (exact) mass is 270 g/mol. The second-order valence-electron chi connectivity index (χ2n) is 4.26. The number of rotatable bonds is 2. The predicted octanol–water partition coefficient (Wildman–Crippen LogP) is 1.20. The summed E-state index contributed by atoms with van der Waals surface area (Å²) in [5, 5.41) is 9.26. The first-order valence-corrected chi connectivity index (χ1v) is 5.77. The molecule has 0 radical (unpaired) electrons. The van der Waals surface area contributed by atoms with Gasteiger partial charge in [0.05, 0.1) is 10.9 Å². The van der Waals surface area contributed by atoms with Gasteiger partial charge in [-0.3, -0.25) is 9.78 Å². The third kappa shape index (κ3) is 1.81. The number of aromatic amines is 2. The van der Waals surface area contributed by atoms with E-state index in [1.165, 1.54) is 12.1 Å². The molecule has 2 heterocycles. The lowest BCUT2D eigenvalue weighted by Gasteiger charge is -2.00. The summed E-state index contributed by atoms with van der Waals surface area (Å²) in [4.78, 5) is 32.1. The van der Waals surface area contributed by atoms with Crippen LogP contribution < -0.4 is 11.3 Å². The first-order chi connectivity index (χ1) is 9.56. The normalized spacial score (nSPS) is 10.8. The fourth-order valence-electron chi connectivity index (χ4n) is 2.08. The summed E-state index contributed by atoms with van der Waals surface area (Å²) < 4.78 is 0. The minimum absolute atomic E-state index is 0.0390. The Hall–Kier alpha value is -3.09. The molecule has 7 heteroatoms. The highest BCUT2D eigenvalue weighted by atomic mass is 16.4. The van der Waals surface area contributed by atoms with Crippen LogP contribution in [0.1, 0.15) is 10.4 Å². The van der Waals surface area contributed by atoms with Gasteiger partial charge in [-0.1, -0.05) is 12.1 Å². The van der Waals surface area contributed by atoms with E-state index in [0.29, 0.717) is 16.6 Å². The highest BCUT2D eigenvalue weighted by molar-refractivity contribution is 5.94. The molecule has 3 rings (SSSR count). The van der Waals surface area contributed by atoms with Crippen LogP contribution in [0.3, 0.4) is 0 Å². The molecule has 7 nitrogen and oxygen atoms in total. The molecule has 0 saturated heterocycles. The molecule has 0 spiro atoms. The predicted molar refractivity (Wildman–Crippen MR) is 73.5 cm³/mol. The number of nitrogen functional groups attached to an aromatic ring is 1. The lowest BCUT2D eigenvalue weighted by atomic mass is 10.0. The van der Waals surface area contributed by atoms with Gasteiger partial charge in [0.2, 0.25) is 5.95 Å². The Kier molecular flexibility index (Phi) is 2.53. The smallest absolute Gasteiger partial charge is 0.335 e. The number of nitrogens with zero attached hydrogens (tertiary/aromatic N) is 1. The maximum Gasteiger partial charge on any atom is 0.335 e. The average Bonchev–Trinajstić information content (AvgIpc) is 2.82. The van der Waals surface area contributed by atoms with Crippen molar-refractivity contribution < 1.29 is 9.90 Å². The van der Waals surface area contributed by atoms with Crippen molar-refractivity contribution in [3.05, 3.63) is 46.4 Å². The minimum atomic E-state index is -0.997. The number of nitrogens with two attached hydrogens (primary N) is 1. The second-order valence-corrected chi connectivity index (χ2v) is 4.26. The molecule has 1 aromatic carbocycles. The van der Waals surface area contributed by atoms with Crippen molar-refractivity contribution >= 4 is 23.0 Å². The van der Waals surface area contributed by atoms with Crippen molar-refractivity contribution in [2.24, 2.45) is 0 Å². The standard InChI is InChI=1S/C13H10N4O3/c14-13-16-10-9(11(18)17-13)8(5-15-10)6-1-3-7(4-2-6)12(19)20/h1-5H,(H,19,20)(H4,14,15,16,17,18). The number of anilines is 1. The first-order valence-electron chi connectivity index (χ1n) is 5.77. The molecule has 0 amide bonds. The van der Waals surface area contributed by atoms with Crippen LogP contribution in [0.5, 0.6) is 0 Å². The van der Waals surface area contributed by atoms with Gasteiger partial charge in [0, 0.05) is 11.8 Å². The summed E-state index contributed by atoms with van der Waals surface area (Å²) in [6.07, 6.45) is 1.64. The van der Waals surface area contributed by atoms with Gasteiger partial charge in [0.15, 0.2) is 0 Å². The average molecular weight is 270 g/mol. The highest BCUT2D eigenvalue weighted by Gasteiger charge is 2.12. The van der Waals surface area contributed by atoms with Crippen molar-refractivity contribution in [2.75, 3.05) is 5.73 Å². The molecule has 100 valence electrons. The van der Waals surface area contributed by atoms with E-state index < -0.39 is 5.97 Å². The molecule has 20 heavy (non-hydrogen) atoms. The summed E-state index contributed by atoms with van der Waals surface area (Å²) in [5.41, 5.74) is 7.07. The summed E-state index contributed by atoms with van der Waals surface area (Å²) in [6.45, 7) is 0. The van der Waals surface area contributed by atoms with Crippen molar-refractivity contribution in [1.82, 2.24) is 15.0 Å². The van der Waals surface area contributed by atoms with E-state index in [2.05, 4.69) is 15.0 Å². The van der Waals surface area contributed by atoms with Gasteiger partial charge in [-0.15, -0.1) is 0 Å². The van der Waals surface area contributed by atoms with Gasteiger partial charge >= 0.3 is 5.97 Å². The zero-order chi connectivity index (χ0) is 14.3. The molecule has 0 aliphatic heterocycles. The van der Waals surface area contributed by atoms with Crippen molar-refractivity contribution in [3.8, 4) is 11.1 Å². The minimum Gasteiger partial charge on any atom is -0.478 e. The molecule has 0 aliphatic carbocycles. The van der Waals surface area contributed by atoms with Crippen molar-refractivity contribution in [1.29, 1.82) is 0 Å². The van der Waals surface area contributed by atoms with E-state index >= 15 is 0 Å². The van der Waals surface area contributed by atoms with Crippen LogP contribution in [0.25, 0.3) is 22.2 Å². The second kappa shape index (κ2) is 4.23. The van der Waals surface area contributed by atoms with E-state index in [4.69, 9.17) is 10.8 Å². The molecule has 0 fully saturated rings. The number of carbonyl (C=O) groups is 1. The van der Waals surface area contributed by atoms with Gasteiger partial charge < -0.3 is 15.8 Å². The zero-order valence-corrected chi connectivity index (χ0v) is 10.2. The number of H-pyrrole nitrogens is 2. The van der Waals surface area contributed by atoms with E-state index in [1.54, 1.807) is 18.3 Å². The Balaban J connectivity index is 2.20. The van der Waals surface area contributed by atoms with Crippen LogP contribution in [-0.4, -0.2) is 26.0 Å². The molecule has 0 unspecified atom stereocenters. The molecule has 0 atom stereocenters. The lowest BCUT2D eigenvalue weighted by molar-refractivity contribution is 0.0697. The lowest BCUT2D eigenvalue weighted by Crippen LogP contribution is -2.10. The Bertz CT molecular complexity index is 861. The van der Waals surface area contributed by atoms with Gasteiger partial charge in [-0.2, -0.15) is 4.98 Å². The number of benzene rings is 1. The van der Waals surface area contributed by atoms with Crippen LogP contribution in [0, 0.1) is 0 Å². The quantitative estimate of drug-likeness (QED) is 0.556. The third-order valence-corrected chi connectivity index (χ3v) is 3.00. The number of carboxylic acid groups (broad SMARTS) is 1. The molecule has 3 aromatic rings. The number of nitrogens with one attached hydrogen (secondary N) is 2. The number of hydrogen-bond donors (Lipinski definition) is 4. The van der Waals surface area contributed by atoms with E-state index in [-0.39, 0.29) is 17.1 Å². The molecule has 0 bridgehead atoms. The third-order valence-electron chi connectivity index (χ3n) is 3.00. The van der Waals surface area contributed by atoms with Gasteiger partial charge in [0.25, 0.3) is 5.56 Å². The number of hydrogen-bond acceptors (Lipinski definition) is 4. The van der Waals surface area contributed by atoms with Crippen LogP contribution in [0.4, 0.5) is 5.95 Å². The van der Waals surface area contributed by atoms with Crippen LogP contribution in [0.2, 0.25) is 0 Å². The van der Waals surface area contributed by atoms with Crippen molar-refractivity contribution in [2.45, 2.75) is 0 Å². The van der Waals surface area contributed by atoms with E-state index in [1.807, 2.05) is 0 Å². The van der Waals surface area contributed by atoms with Gasteiger partial charge in [0.1, 0.15) is 5.65 Å². The van der Waals surface area contributed by atoms with Crippen LogP contribution in [0.15, 0.2) is 35.3 Å². The molecule has 2 aromatic heterocycles. The maximum absolute atomic E-state index is 11.9. The number of fused-ring (bicyclic) bond motifs is 1. The highest BCUT2D eigenvalue weighted by Crippen LogP contribution is 2.25. The molecular formula is C13H10N4O3. The molecule has 0 saturated carbocycles. The van der Waals surface area contributed by atoms with Crippen LogP contribution >= 0.6 is 0 Å². The Morgan fingerprint density at radius 1 is 1.25 bits per heavy atom. The molecular weight excluding hydrogens is 260 g/mol. The summed E-state index contributed by atoms with van der Waals surface area (Å²) >= 11 is 0. The SMILES string of the molecule is Nc1nc2[nH]cc(-c3ccc(C(=O)O)cc3)c2c(=O)[nH]1. The van der Waals surface area contributed by atoms with Crippen LogP contribution in [-0.2, 0) is 0 Å².